The standard InChI is InChI=1S/C52H91NO7/c1-6-8-10-12-14-16-18-20-22-24-25-27-29-31-33-35-37-39-41-43-51(55)60-48(46-58-45-44-49(52(56)57)53(3,4)5)47-59-50(54)42-40-38-36-34-32-30-28-26-23-21-19-17-15-13-11-9-7-2/h14-17,20-23,25,27,48-49H,6-13,18-19,24,26,28-47H2,1-5H3/b16-14-,17-15-,22-20-,23-21-,27-25-. The number of quaternary nitrogens is 1. The van der Waals surface area contributed by atoms with Crippen LogP contribution in [0.4, 0.5) is 0 Å². The topological polar surface area (TPSA) is 102 Å². The van der Waals surface area contributed by atoms with Gasteiger partial charge in [-0.1, -0.05) is 158 Å². The van der Waals surface area contributed by atoms with Crippen LogP contribution in [0.25, 0.3) is 0 Å². The molecule has 0 saturated carbocycles. The number of likely N-dealkylation sites (N-methyl/N-ethyl adjacent to an activating group) is 1. The summed E-state index contributed by atoms with van der Waals surface area (Å²) in [7, 11) is 5.40. The molecule has 0 aromatic carbocycles. The highest BCUT2D eigenvalue weighted by Crippen LogP contribution is 2.14. The lowest BCUT2D eigenvalue weighted by Gasteiger charge is -2.34. The van der Waals surface area contributed by atoms with E-state index < -0.39 is 18.1 Å². The minimum Gasteiger partial charge on any atom is -0.544 e. The number of carbonyl (C=O) groups is 3. The van der Waals surface area contributed by atoms with Crippen LogP contribution in [0.3, 0.4) is 0 Å². The van der Waals surface area contributed by atoms with Crippen LogP contribution in [-0.4, -0.2) is 75.5 Å². The van der Waals surface area contributed by atoms with Gasteiger partial charge in [0.25, 0.3) is 0 Å². The zero-order valence-electron chi connectivity index (χ0n) is 39.4. The summed E-state index contributed by atoms with van der Waals surface area (Å²) in [5.74, 6) is -1.76. The minimum atomic E-state index is -1.13. The van der Waals surface area contributed by atoms with Crippen molar-refractivity contribution in [3.8, 4) is 0 Å². The number of carboxylic acid groups (broad SMARTS) is 1. The smallest absolute Gasteiger partial charge is 0.306 e. The van der Waals surface area contributed by atoms with E-state index in [1.807, 2.05) is 0 Å². The van der Waals surface area contributed by atoms with Crippen LogP contribution in [0.1, 0.15) is 200 Å². The van der Waals surface area contributed by atoms with Crippen LogP contribution in [0.15, 0.2) is 60.8 Å². The van der Waals surface area contributed by atoms with E-state index in [2.05, 4.69) is 74.6 Å². The van der Waals surface area contributed by atoms with Gasteiger partial charge in [-0.05, 0) is 83.5 Å². The molecule has 0 aromatic heterocycles. The lowest BCUT2D eigenvalue weighted by Crippen LogP contribution is -2.55. The molecule has 0 aromatic rings. The number of nitrogens with zero attached hydrogens (tertiary/aromatic N) is 1. The van der Waals surface area contributed by atoms with Gasteiger partial charge >= 0.3 is 11.9 Å². The zero-order valence-corrected chi connectivity index (χ0v) is 39.4. The Kier molecular flexibility index (Phi) is 40.6. The fourth-order valence-electron chi connectivity index (χ4n) is 6.81. The second-order valence-electron chi connectivity index (χ2n) is 17.3. The number of rotatable bonds is 43. The van der Waals surface area contributed by atoms with E-state index in [-0.39, 0.29) is 42.7 Å². The van der Waals surface area contributed by atoms with Crippen LogP contribution >= 0.6 is 0 Å². The second kappa shape index (κ2) is 42.7. The van der Waals surface area contributed by atoms with Gasteiger partial charge in [-0.25, -0.2) is 0 Å². The van der Waals surface area contributed by atoms with Crippen LogP contribution < -0.4 is 5.11 Å². The molecule has 0 aliphatic carbocycles. The van der Waals surface area contributed by atoms with Crippen molar-refractivity contribution in [1.82, 2.24) is 0 Å². The molecular weight excluding hydrogens is 751 g/mol. The van der Waals surface area contributed by atoms with Gasteiger partial charge in [0.1, 0.15) is 12.6 Å². The molecule has 0 bridgehead atoms. The van der Waals surface area contributed by atoms with E-state index in [0.29, 0.717) is 12.8 Å². The highest BCUT2D eigenvalue weighted by atomic mass is 16.6. The summed E-state index contributed by atoms with van der Waals surface area (Å²) in [6, 6.07) is -0.732. The Morgan fingerprint density at radius 2 is 0.883 bits per heavy atom. The highest BCUT2D eigenvalue weighted by Gasteiger charge is 2.25. The number of ether oxygens (including phenoxy) is 3. The summed E-state index contributed by atoms with van der Waals surface area (Å²) >= 11 is 0. The van der Waals surface area contributed by atoms with Crippen molar-refractivity contribution >= 4 is 17.9 Å². The van der Waals surface area contributed by atoms with E-state index >= 15 is 0 Å². The molecule has 0 fully saturated rings. The van der Waals surface area contributed by atoms with Crippen molar-refractivity contribution < 1.29 is 38.2 Å². The molecular formula is C52H91NO7. The molecule has 0 N–H and O–H groups in total. The number of carboxylic acids is 1. The average Bonchev–Trinajstić information content (AvgIpc) is 3.21. The van der Waals surface area contributed by atoms with E-state index in [1.54, 1.807) is 21.1 Å². The minimum absolute atomic E-state index is 0.0309. The predicted octanol–water partition coefficient (Wildman–Crippen LogP) is 12.4. The van der Waals surface area contributed by atoms with Crippen molar-refractivity contribution in [2.45, 2.75) is 212 Å². The van der Waals surface area contributed by atoms with Gasteiger partial charge in [-0.2, -0.15) is 0 Å². The van der Waals surface area contributed by atoms with Crippen LogP contribution in [-0.2, 0) is 28.6 Å². The average molecular weight is 842 g/mol. The van der Waals surface area contributed by atoms with Gasteiger partial charge in [-0.3, -0.25) is 9.59 Å². The number of hydrogen-bond donors (Lipinski definition) is 0. The molecule has 0 spiro atoms. The van der Waals surface area contributed by atoms with Crippen molar-refractivity contribution in [2.24, 2.45) is 0 Å². The second-order valence-corrected chi connectivity index (χ2v) is 17.3. The normalized spacial score (nSPS) is 13.4. The van der Waals surface area contributed by atoms with E-state index in [1.165, 1.54) is 89.9 Å². The third-order valence-electron chi connectivity index (χ3n) is 10.6. The fourth-order valence-corrected chi connectivity index (χ4v) is 6.81. The lowest BCUT2D eigenvalue weighted by molar-refractivity contribution is -0.889. The molecule has 2 unspecified atom stereocenters. The largest absolute Gasteiger partial charge is 0.544 e. The van der Waals surface area contributed by atoms with Gasteiger partial charge in [-0.15, -0.1) is 0 Å². The first-order chi connectivity index (χ1) is 29.1. The maximum Gasteiger partial charge on any atom is 0.306 e. The fraction of sp³-hybridized carbons (Fsp3) is 0.750. The Bertz CT molecular complexity index is 1170. The van der Waals surface area contributed by atoms with Crippen LogP contribution in [0.2, 0.25) is 0 Å². The Balaban J connectivity index is 4.34. The molecule has 0 aliphatic rings. The van der Waals surface area contributed by atoms with Gasteiger partial charge in [0, 0.05) is 19.3 Å². The SMILES string of the molecule is CCCCC/C=C\C/C=C\C/C=C\CCCCCCCCC(=O)OC(COCCC(C(=O)[O-])[N+](C)(C)C)COC(=O)CCCCCCCCC/C=C\C/C=C\CCCCC. The predicted molar refractivity (Wildman–Crippen MR) is 249 cm³/mol. The third kappa shape index (κ3) is 40.4. The number of hydrogen-bond acceptors (Lipinski definition) is 7. The summed E-state index contributed by atoms with van der Waals surface area (Å²) in [5.41, 5.74) is 0. The molecule has 0 saturated heterocycles. The molecule has 2 atom stereocenters. The molecule has 8 heteroatoms. The summed E-state index contributed by atoms with van der Waals surface area (Å²) in [4.78, 5) is 37.0. The molecule has 0 rings (SSSR count). The number of allylic oxidation sites excluding steroid dienone is 10. The first-order valence-corrected chi connectivity index (χ1v) is 24.3. The monoisotopic (exact) mass is 842 g/mol. The number of aliphatic carboxylic acids is 1. The van der Waals surface area contributed by atoms with Crippen molar-refractivity contribution in [2.75, 3.05) is 41.0 Å². The van der Waals surface area contributed by atoms with Gasteiger partial charge in [0.15, 0.2) is 6.10 Å². The van der Waals surface area contributed by atoms with Crippen LogP contribution in [0, 0.1) is 0 Å². The van der Waals surface area contributed by atoms with Crippen LogP contribution in [0.5, 0.6) is 0 Å². The number of esters is 2. The highest BCUT2D eigenvalue weighted by molar-refractivity contribution is 5.70. The van der Waals surface area contributed by atoms with E-state index in [0.717, 1.165) is 77.0 Å². The third-order valence-corrected chi connectivity index (χ3v) is 10.6. The summed E-state index contributed by atoms with van der Waals surface area (Å²) < 4.78 is 17.2. The molecule has 8 nitrogen and oxygen atoms in total. The summed E-state index contributed by atoms with van der Waals surface area (Å²) in [5, 5.41) is 11.6. The van der Waals surface area contributed by atoms with Gasteiger partial charge < -0.3 is 28.6 Å². The molecule has 0 heterocycles. The molecule has 0 amide bonds. The maximum absolute atomic E-state index is 12.8. The van der Waals surface area contributed by atoms with Gasteiger partial charge in [0.05, 0.1) is 40.3 Å². The molecule has 0 aliphatic heterocycles. The first-order valence-electron chi connectivity index (χ1n) is 24.3. The molecule has 346 valence electrons. The zero-order chi connectivity index (χ0) is 44.2. The van der Waals surface area contributed by atoms with Crippen molar-refractivity contribution in [3.05, 3.63) is 60.8 Å². The van der Waals surface area contributed by atoms with Crippen molar-refractivity contribution in [1.29, 1.82) is 0 Å². The van der Waals surface area contributed by atoms with Crippen molar-refractivity contribution in [3.63, 3.8) is 0 Å². The Hall–Kier alpha value is -2.97. The first kappa shape index (κ1) is 57.0. The van der Waals surface area contributed by atoms with E-state index in [9.17, 15) is 19.5 Å². The summed E-state index contributed by atoms with van der Waals surface area (Å²) in [6.45, 7) is 4.59. The Morgan fingerprint density at radius 3 is 1.30 bits per heavy atom. The quantitative estimate of drug-likeness (QED) is 0.0261. The maximum atomic E-state index is 12.8. The Labute approximate surface area is 368 Å². The molecule has 0 radical (unpaired) electrons. The number of carbonyl (C=O) groups excluding carboxylic acids is 3. The lowest BCUT2D eigenvalue weighted by atomic mass is 10.1. The van der Waals surface area contributed by atoms with Gasteiger partial charge in [0.2, 0.25) is 0 Å². The summed E-state index contributed by atoms with van der Waals surface area (Å²) in [6.07, 6.45) is 52.4. The Morgan fingerprint density at radius 1 is 0.500 bits per heavy atom. The molecule has 60 heavy (non-hydrogen) atoms. The number of unbranched alkanes of at least 4 members (excludes halogenated alkanes) is 19. The van der Waals surface area contributed by atoms with E-state index in [4.69, 9.17) is 14.2 Å².